The first-order valence-electron chi connectivity index (χ1n) is 7.94. The van der Waals surface area contributed by atoms with Crippen molar-refractivity contribution in [1.82, 2.24) is 10.3 Å². The van der Waals surface area contributed by atoms with Gasteiger partial charge in [-0.2, -0.15) is 26.3 Å². The molecular formula is C17H18F6N2O. The number of alkyl halides is 6. The van der Waals surface area contributed by atoms with Crippen molar-refractivity contribution in [3.05, 3.63) is 47.3 Å². The number of pyridine rings is 1. The van der Waals surface area contributed by atoms with Crippen LogP contribution in [0.2, 0.25) is 0 Å². The summed E-state index contributed by atoms with van der Waals surface area (Å²) in [4.78, 5) is 3.23. The summed E-state index contributed by atoms with van der Waals surface area (Å²) in [7, 11) is 0. The molecule has 3 nitrogen and oxygen atoms in total. The van der Waals surface area contributed by atoms with E-state index in [2.05, 4.69) is 16.9 Å². The molecule has 144 valence electrons. The molecule has 0 fully saturated rings. The monoisotopic (exact) mass is 380 g/mol. The number of aromatic nitrogens is 1. The summed E-state index contributed by atoms with van der Waals surface area (Å²) in [6, 6.07) is 0.637. The molecular weight excluding hydrogens is 362 g/mol. The van der Waals surface area contributed by atoms with Crippen molar-refractivity contribution in [1.29, 1.82) is 0 Å². The van der Waals surface area contributed by atoms with Gasteiger partial charge in [0.1, 0.15) is 5.69 Å². The zero-order chi connectivity index (χ0) is 19.5. The third kappa shape index (κ3) is 4.64. The van der Waals surface area contributed by atoms with Gasteiger partial charge in [-0.1, -0.05) is 12.2 Å². The van der Waals surface area contributed by atoms with Crippen LogP contribution in [0.4, 0.5) is 26.3 Å². The summed E-state index contributed by atoms with van der Waals surface area (Å²) >= 11 is 0. The fourth-order valence-corrected chi connectivity index (χ4v) is 2.78. The number of hydrogen-bond donors (Lipinski definition) is 2. The molecule has 2 rings (SSSR count). The summed E-state index contributed by atoms with van der Waals surface area (Å²) in [5.41, 5.74) is -3.57. The molecule has 9 heteroatoms. The Kier molecular flexibility index (Phi) is 6.13. The van der Waals surface area contributed by atoms with Crippen molar-refractivity contribution in [2.75, 3.05) is 13.1 Å². The Morgan fingerprint density at radius 1 is 1.23 bits per heavy atom. The zero-order valence-corrected chi connectivity index (χ0v) is 13.7. The minimum atomic E-state index is -4.92. The maximum absolute atomic E-state index is 13.2. The van der Waals surface area contributed by atoms with Gasteiger partial charge in [-0.05, 0) is 43.0 Å². The van der Waals surface area contributed by atoms with Crippen LogP contribution in [0.3, 0.4) is 0 Å². The molecule has 0 radical (unpaired) electrons. The number of nitrogens with one attached hydrogen (secondary N) is 1. The van der Waals surface area contributed by atoms with Gasteiger partial charge in [0.05, 0.1) is 17.4 Å². The van der Waals surface area contributed by atoms with E-state index < -0.39 is 35.4 Å². The predicted molar refractivity (Wildman–Crippen MR) is 84.2 cm³/mol. The van der Waals surface area contributed by atoms with Crippen LogP contribution < -0.4 is 5.32 Å². The molecule has 0 spiro atoms. The van der Waals surface area contributed by atoms with E-state index in [1.807, 2.05) is 0 Å². The summed E-state index contributed by atoms with van der Waals surface area (Å²) in [5.74, 6) is 0. The lowest BCUT2D eigenvalue weighted by molar-refractivity contribution is -0.141. The van der Waals surface area contributed by atoms with Gasteiger partial charge in [-0.3, -0.25) is 0 Å². The van der Waals surface area contributed by atoms with E-state index >= 15 is 0 Å². The third-order valence-electron chi connectivity index (χ3n) is 3.97. The van der Waals surface area contributed by atoms with E-state index in [0.29, 0.717) is 19.0 Å². The van der Waals surface area contributed by atoms with Gasteiger partial charge in [0, 0.05) is 6.54 Å². The van der Waals surface area contributed by atoms with Crippen LogP contribution in [0.1, 0.15) is 41.5 Å². The zero-order valence-electron chi connectivity index (χ0n) is 13.7. The topological polar surface area (TPSA) is 45.1 Å². The highest BCUT2D eigenvalue weighted by atomic mass is 19.4. The first kappa shape index (κ1) is 20.4. The maximum atomic E-state index is 13.2. The van der Waals surface area contributed by atoms with Crippen molar-refractivity contribution in [2.24, 2.45) is 0 Å². The molecule has 1 aromatic rings. The minimum absolute atomic E-state index is 0.00541. The van der Waals surface area contributed by atoms with Gasteiger partial charge >= 0.3 is 12.4 Å². The molecule has 0 aromatic carbocycles. The average molecular weight is 380 g/mol. The molecule has 1 aromatic heterocycles. The molecule has 0 bridgehead atoms. The van der Waals surface area contributed by atoms with Gasteiger partial charge in [-0.15, -0.1) is 6.58 Å². The van der Waals surface area contributed by atoms with Crippen LogP contribution in [0.25, 0.3) is 5.57 Å². The van der Waals surface area contributed by atoms with Crippen LogP contribution in [0.15, 0.2) is 24.8 Å². The minimum Gasteiger partial charge on any atom is -0.387 e. The third-order valence-corrected chi connectivity index (χ3v) is 3.97. The van der Waals surface area contributed by atoms with Crippen LogP contribution in [0, 0.1) is 0 Å². The van der Waals surface area contributed by atoms with Crippen molar-refractivity contribution in [3.63, 3.8) is 0 Å². The Labute approximate surface area is 146 Å². The summed E-state index contributed by atoms with van der Waals surface area (Å²) in [6.45, 7) is 3.86. The normalized spacial score (nSPS) is 16.0. The molecule has 1 aliphatic rings. The lowest BCUT2D eigenvalue weighted by Crippen LogP contribution is -2.26. The van der Waals surface area contributed by atoms with Crippen LogP contribution in [-0.4, -0.2) is 29.4 Å². The van der Waals surface area contributed by atoms with Gasteiger partial charge in [0.2, 0.25) is 0 Å². The van der Waals surface area contributed by atoms with E-state index in [9.17, 15) is 31.4 Å². The van der Waals surface area contributed by atoms with Crippen molar-refractivity contribution in [2.45, 2.75) is 37.7 Å². The molecule has 0 saturated carbocycles. The second-order valence-corrected chi connectivity index (χ2v) is 5.87. The quantitative estimate of drug-likeness (QED) is 0.442. The molecule has 0 aliphatic heterocycles. The first-order valence-corrected chi connectivity index (χ1v) is 7.94. The number of halogens is 6. The summed E-state index contributed by atoms with van der Waals surface area (Å²) < 4.78 is 78.9. The Hall–Kier alpha value is -1.87. The molecule has 0 amide bonds. The fraction of sp³-hybridized carbons (Fsp3) is 0.471. The molecule has 1 atom stereocenters. The smallest absolute Gasteiger partial charge is 0.387 e. The Balaban J connectivity index is 2.48. The fourth-order valence-electron chi connectivity index (χ4n) is 2.78. The molecule has 1 unspecified atom stereocenters. The van der Waals surface area contributed by atoms with Crippen molar-refractivity contribution < 1.29 is 31.4 Å². The molecule has 2 N–H and O–H groups in total. The molecule has 0 saturated heterocycles. The number of aliphatic hydroxyl groups is 1. The van der Waals surface area contributed by atoms with Gasteiger partial charge in [0.15, 0.2) is 0 Å². The van der Waals surface area contributed by atoms with Crippen LogP contribution in [-0.2, 0) is 12.6 Å². The van der Waals surface area contributed by atoms with E-state index in [-0.39, 0.29) is 30.5 Å². The maximum Gasteiger partial charge on any atom is 0.433 e. The van der Waals surface area contributed by atoms with E-state index in [1.54, 1.807) is 6.08 Å². The van der Waals surface area contributed by atoms with E-state index in [1.165, 1.54) is 0 Å². The largest absolute Gasteiger partial charge is 0.433 e. The predicted octanol–water partition coefficient (Wildman–Crippen LogP) is 4.19. The highest BCUT2D eigenvalue weighted by molar-refractivity contribution is 5.72. The standard InChI is InChI=1S/C17H18F6N2O/c1-2-3-7-24-9-13(26)11-8-14(17(21,22)23)25-15-10(11)5-4-6-12(15)16(18,19)20/h2,6,8,13,24,26H,1,3-5,7,9H2. The molecule has 26 heavy (non-hydrogen) atoms. The van der Waals surface area contributed by atoms with Crippen molar-refractivity contribution >= 4 is 5.57 Å². The second kappa shape index (κ2) is 7.79. The number of nitrogens with zero attached hydrogens (tertiary/aromatic N) is 1. The SMILES string of the molecule is C=CCCNCC(O)c1cc(C(F)(F)F)nc2c1CCC=C2C(F)(F)F. The number of fused-ring (bicyclic) bond motifs is 1. The summed E-state index contributed by atoms with van der Waals surface area (Å²) in [5, 5.41) is 13.1. The average Bonchev–Trinajstić information content (AvgIpc) is 2.55. The Morgan fingerprint density at radius 2 is 1.92 bits per heavy atom. The Bertz CT molecular complexity index is 694. The van der Waals surface area contributed by atoms with E-state index in [4.69, 9.17) is 0 Å². The number of aliphatic hydroxyl groups excluding tert-OH is 1. The number of rotatable bonds is 6. The highest BCUT2D eigenvalue weighted by Crippen LogP contribution is 2.42. The van der Waals surface area contributed by atoms with E-state index in [0.717, 1.165) is 6.08 Å². The molecule has 1 heterocycles. The summed E-state index contributed by atoms with van der Waals surface area (Å²) in [6.07, 6.45) is -7.99. The number of hydrogen-bond acceptors (Lipinski definition) is 3. The van der Waals surface area contributed by atoms with Crippen molar-refractivity contribution in [3.8, 4) is 0 Å². The number of allylic oxidation sites excluding steroid dienone is 2. The first-order chi connectivity index (χ1) is 12.1. The molecule has 1 aliphatic carbocycles. The lowest BCUT2D eigenvalue weighted by Gasteiger charge is -2.25. The van der Waals surface area contributed by atoms with Crippen LogP contribution >= 0.6 is 0 Å². The van der Waals surface area contributed by atoms with Crippen LogP contribution in [0.5, 0.6) is 0 Å². The van der Waals surface area contributed by atoms with Gasteiger partial charge < -0.3 is 10.4 Å². The highest BCUT2D eigenvalue weighted by Gasteiger charge is 2.41. The van der Waals surface area contributed by atoms with Gasteiger partial charge in [-0.25, -0.2) is 4.98 Å². The lowest BCUT2D eigenvalue weighted by atomic mass is 9.88. The second-order valence-electron chi connectivity index (χ2n) is 5.87. The van der Waals surface area contributed by atoms with Gasteiger partial charge in [0.25, 0.3) is 0 Å². The Morgan fingerprint density at radius 3 is 2.50 bits per heavy atom.